The monoisotopic (exact) mass is 160 g/mol. The van der Waals surface area contributed by atoms with Crippen LogP contribution in [0.15, 0.2) is 36.8 Å². The molecule has 0 aliphatic heterocycles. The third-order valence-electron chi connectivity index (χ3n) is 1.66. The minimum atomic E-state index is 0.230. The lowest BCUT2D eigenvalue weighted by Gasteiger charge is -1.95. The number of aromatic amines is 1. The van der Waals surface area contributed by atoms with E-state index in [-0.39, 0.29) is 5.75 Å². The van der Waals surface area contributed by atoms with Gasteiger partial charge in [0.15, 0.2) is 0 Å². The van der Waals surface area contributed by atoms with Crippen LogP contribution in [-0.4, -0.2) is 15.1 Å². The first-order chi connectivity index (χ1) is 5.88. The number of rotatable bonds is 1. The lowest BCUT2D eigenvalue weighted by atomic mass is 10.2. The van der Waals surface area contributed by atoms with E-state index in [0.29, 0.717) is 0 Å². The van der Waals surface area contributed by atoms with E-state index in [0.717, 1.165) is 11.3 Å². The van der Waals surface area contributed by atoms with Crippen LogP contribution in [-0.2, 0) is 0 Å². The highest BCUT2D eigenvalue weighted by atomic mass is 16.3. The van der Waals surface area contributed by atoms with E-state index >= 15 is 0 Å². The summed E-state index contributed by atoms with van der Waals surface area (Å²) in [6, 6.07) is 5.57. The molecule has 0 radical (unpaired) electrons. The van der Waals surface area contributed by atoms with Crippen molar-refractivity contribution >= 4 is 0 Å². The van der Waals surface area contributed by atoms with Crippen molar-refractivity contribution in [2.75, 3.05) is 0 Å². The van der Waals surface area contributed by atoms with Crippen LogP contribution < -0.4 is 0 Å². The van der Waals surface area contributed by atoms with E-state index in [4.69, 9.17) is 0 Å². The summed E-state index contributed by atoms with van der Waals surface area (Å²) in [5.74, 6) is 0.230. The van der Waals surface area contributed by atoms with Crippen molar-refractivity contribution in [2.45, 2.75) is 0 Å². The largest absolute Gasteiger partial charge is 0.506 e. The predicted octanol–water partition coefficient (Wildman–Crippen LogP) is 1.78. The van der Waals surface area contributed by atoms with E-state index in [1.165, 1.54) is 6.20 Å². The fourth-order valence-corrected chi connectivity index (χ4v) is 1.08. The van der Waals surface area contributed by atoms with Gasteiger partial charge in [0.2, 0.25) is 0 Å². The van der Waals surface area contributed by atoms with Gasteiger partial charge in [-0.15, -0.1) is 0 Å². The molecule has 2 rings (SSSR count). The smallest absolute Gasteiger partial charge is 0.142 e. The molecule has 0 bridgehead atoms. The van der Waals surface area contributed by atoms with Crippen molar-refractivity contribution in [3.63, 3.8) is 0 Å². The maximum Gasteiger partial charge on any atom is 0.142 e. The Labute approximate surface area is 69.7 Å². The third kappa shape index (κ3) is 1.05. The Morgan fingerprint density at radius 3 is 2.75 bits per heavy atom. The zero-order valence-corrected chi connectivity index (χ0v) is 6.36. The Hall–Kier alpha value is -1.77. The molecule has 2 aromatic heterocycles. The summed E-state index contributed by atoms with van der Waals surface area (Å²) in [6.45, 7) is 0. The number of pyridine rings is 1. The summed E-state index contributed by atoms with van der Waals surface area (Å²) in [4.78, 5) is 6.91. The van der Waals surface area contributed by atoms with E-state index in [2.05, 4.69) is 9.97 Å². The molecule has 0 aliphatic carbocycles. The van der Waals surface area contributed by atoms with Crippen molar-refractivity contribution in [3.8, 4) is 17.0 Å². The van der Waals surface area contributed by atoms with Crippen molar-refractivity contribution in [3.05, 3.63) is 36.8 Å². The molecule has 2 N–H and O–H groups in total. The van der Waals surface area contributed by atoms with Crippen molar-refractivity contribution in [1.82, 2.24) is 9.97 Å². The van der Waals surface area contributed by atoms with Gasteiger partial charge in [-0.2, -0.15) is 0 Å². The quantitative estimate of drug-likeness (QED) is 0.668. The number of hydrogen-bond donors (Lipinski definition) is 2. The maximum absolute atomic E-state index is 9.33. The SMILES string of the molecule is Oc1c[nH]cc1-c1ccccn1. The molecule has 0 aliphatic rings. The molecule has 0 spiro atoms. The van der Waals surface area contributed by atoms with Gasteiger partial charge in [0, 0.05) is 18.6 Å². The zero-order chi connectivity index (χ0) is 8.39. The number of aromatic nitrogens is 2. The van der Waals surface area contributed by atoms with Gasteiger partial charge >= 0.3 is 0 Å². The minimum Gasteiger partial charge on any atom is -0.506 e. The normalized spacial score (nSPS) is 10.0. The second-order valence-corrected chi connectivity index (χ2v) is 2.47. The Balaban J connectivity index is 2.51. The first-order valence-electron chi connectivity index (χ1n) is 3.65. The lowest BCUT2D eigenvalue weighted by molar-refractivity contribution is 0.478. The molecule has 0 saturated heterocycles. The second-order valence-electron chi connectivity index (χ2n) is 2.47. The van der Waals surface area contributed by atoms with Gasteiger partial charge in [0.25, 0.3) is 0 Å². The highest BCUT2D eigenvalue weighted by molar-refractivity contribution is 5.65. The highest BCUT2D eigenvalue weighted by Gasteiger charge is 2.03. The fourth-order valence-electron chi connectivity index (χ4n) is 1.08. The van der Waals surface area contributed by atoms with Crippen molar-refractivity contribution < 1.29 is 5.11 Å². The molecule has 0 unspecified atom stereocenters. The van der Waals surface area contributed by atoms with Crippen molar-refractivity contribution in [1.29, 1.82) is 0 Å². The van der Waals surface area contributed by atoms with Crippen LogP contribution in [0.2, 0.25) is 0 Å². The minimum absolute atomic E-state index is 0.230. The van der Waals surface area contributed by atoms with Gasteiger partial charge in [0.1, 0.15) is 5.75 Å². The van der Waals surface area contributed by atoms with Gasteiger partial charge in [-0.3, -0.25) is 4.98 Å². The van der Waals surface area contributed by atoms with Gasteiger partial charge in [-0.05, 0) is 12.1 Å². The zero-order valence-electron chi connectivity index (χ0n) is 6.36. The molecular formula is C9H8N2O. The Morgan fingerprint density at radius 1 is 1.25 bits per heavy atom. The number of nitrogens with zero attached hydrogens (tertiary/aromatic N) is 1. The van der Waals surface area contributed by atoms with Crippen molar-refractivity contribution in [2.24, 2.45) is 0 Å². The molecule has 0 fully saturated rings. The molecule has 0 amide bonds. The maximum atomic E-state index is 9.33. The van der Waals surface area contributed by atoms with Crippen LogP contribution >= 0.6 is 0 Å². The van der Waals surface area contributed by atoms with Gasteiger partial charge in [-0.25, -0.2) is 0 Å². The summed E-state index contributed by atoms with van der Waals surface area (Å²) in [6.07, 6.45) is 4.95. The van der Waals surface area contributed by atoms with Crippen LogP contribution in [0.1, 0.15) is 0 Å². The van der Waals surface area contributed by atoms with Crippen LogP contribution in [0.25, 0.3) is 11.3 Å². The first kappa shape index (κ1) is 6.91. The number of nitrogens with one attached hydrogen (secondary N) is 1. The molecule has 2 heterocycles. The Bertz CT molecular complexity index is 367. The molecule has 12 heavy (non-hydrogen) atoms. The molecule has 0 aromatic carbocycles. The average molecular weight is 160 g/mol. The standard InChI is InChI=1S/C9H8N2O/c12-9-6-10-5-7(9)8-3-1-2-4-11-8/h1-6,10,12H. The predicted molar refractivity (Wildman–Crippen MR) is 45.7 cm³/mol. The van der Waals surface area contributed by atoms with E-state index in [1.54, 1.807) is 12.4 Å². The fraction of sp³-hybridized carbons (Fsp3) is 0. The van der Waals surface area contributed by atoms with Gasteiger partial charge in [0.05, 0.1) is 11.3 Å². The molecular weight excluding hydrogens is 152 g/mol. The highest BCUT2D eigenvalue weighted by Crippen LogP contribution is 2.25. The number of H-pyrrole nitrogens is 1. The van der Waals surface area contributed by atoms with E-state index in [1.807, 2.05) is 18.2 Å². The topological polar surface area (TPSA) is 48.9 Å². The Morgan fingerprint density at radius 2 is 2.17 bits per heavy atom. The lowest BCUT2D eigenvalue weighted by Crippen LogP contribution is -1.78. The van der Waals surface area contributed by atoms with Crippen LogP contribution in [0, 0.1) is 0 Å². The van der Waals surface area contributed by atoms with Crippen LogP contribution in [0.3, 0.4) is 0 Å². The second kappa shape index (κ2) is 2.70. The Kier molecular flexibility index (Phi) is 1.55. The van der Waals surface area contributed by atoms with Gasteiger partial charge in [-0.1, -0.05) is 6.07 Å². The molecule has 3 nitrogen and oxygen atoms in total. The number of hydrogen-bond acceptors (Lipinski definition) is 2. The molecule has 0 saturated carbocycles. The summed E-state index contributed by atoms with van der Waals surface area (Å²) >= 11 is 0. The van der Waals surface area contributed by atoms with E-state index < -0.39 is 0 Å². The molecule has 0 atom stereocenters. The van der Waals surface area contributed by atoms with Crippen LogP contribution in [0.5, 0.6) is 5.75 Å². The first-order valence-corrected chi connectivity index (χ1v) is 3.65. The summed E-state index contributed by atoms with van der Waals surface area (Å²) in [5.41, 5.74) is 1.51. The summed E-state index contributed by atoms with van der Waals surface area (Å²) in [7, 11) is 0. The molecule has 60 valence electrons. The van der Waals surface area contributed by atoms with Gasteiger partial charge < -0.3 is 10.1 Å². The molecule has 3 heteroatoms. The average Bonchev–Trinajstić information content (AvgIpc) is 2.53. The van der Waals surface area contributed by atoms with Crippen LogP contribution in [0.4, 0.5) is 0 Å². The van der Waals surface area contributed by atoms with E-state index in [9.17, 15) is 5.11 Å². The third-order valence-corrected chi connectivity index (χ3v) is 1.66. The summed E-state index contributed by atoms with van der Waals surface area (Å²) < 4.78 is 0. The summed E-state index contributed by atoms with van der Waals surface area (Å²) in [5, 5.41) is 9.33. The molecule has 2 aromatic rings. The number of aromatic hydroxyl groups is 1.